The highest BCUT2D eigenvalue weighted by Crippen LogP contribution is 2.46. The van der Waals surface area contributed by atoms with Gasteiger partial charge >= 0.3 is 5.63 Å². The van der Waals surface area contributed by atoms with E-state index in [9.17, 15) is 9.59 Å². The normalized spacial score (nSPS) is 18.0. The first-order valence-electron chi connectivity index (χ1n) is 11.2. The average molecular weight is 467 g/mol. The van der Waals surface area contributed by atoms with Crippen LogP contribution < -0.4 is 25.2 Å². The van der Waals surface area contributed by atoms with E-state index in [-0.39, 0.29) is 12.5 Å². The lowest BCUT2D eigenvalue weighted by Gasteiger charge is -2.25. The predicted octanol–water partition coefficient (Wildman–Crippen LogP) is 4.76. The molecule has 0 spiro atoms. The number of hydrogen-bond donors (Lipinski definition) is 1. The van der Waals surface area contributed by atoms with Crippen molar-refractivity contribution in [2.75, 3.05) is 19.0 Å². The van der Waals surface area contributed by atoms with E-state index in [1.807, 2.05) is 42.5 Å². The molecule has 4 aromatic rings. The minimum absolute atomic E-state index is 0.225. The van der Waals surface area contributed by atoms with E-state index >= 15 is 0 Å². The molecule has 3 aromatic carbocycles. The summed E-state index contributed by atoms with van der Waals surface area (Å²) in [7, 11) is 1.58. The summed E-state index contributed by atoms with van der Waals surface area (Å²) >= 11 is 0. The third-order valence-corrected chi connectivity index (χ3v) is 6.33. The molecular formula is C28H21NO6. The lowest BCUT2D eigenvalue weighted by atomic mass is 9.86. The Morgan fingerprint density at radius 2 is 1.77 bits per heavy atom. The van der Waals surface area contributed by atoms with Crippen molar-refractivity contribution in [3.8, 4) is 17.2 Å². The van der Waals surface area contributed by atoms with Crippen molar-refractivity contribution in [3.63, 3.8) is 0 Å². The molecule has 1 N–H and O–H groups in total. The highest BCUT2D eigenvalue weighted by Gasteiger charge is 2.45. The van der Waals surface area contributed by atoms with Crippen LogP contribution in [0.1, 0.15) is 17.0 Å². The molecule has 0 saturated heterocycles. The lowest BCUT2D eigenvalue weighted by molar-refractivity contribution is -0.122. The average Bonchev–Trinajstić information content (AvgIpc) is 3.31. The van der Waals surface area contributed by atoms with Gasteiger partial charge in [-0.3, -0.25) is 4.79 Å². The van der Waals surface area contributed by atoms with Crippen LogP contribution in [0.15, 0.2) is 87.6 Å². The topological polar surface area (TPSA) is 87.0 Å². The molecule has 0 fully saturated rings. The molecule has 0 radical (unpaired) electrons. The Morgan fingerprint density at radius 3 is 2.60 bits per heavy atom. The first-order chi connectivity index (χ1) is 17.1. The van der Waals surface area contributed by atoms with Gasteiger partial charge < -0.3 is 23.9 Å². The number of nitrogens with one attached hydrogen (secondary N) is 1. The number of para-hydroxylation sites is 2. The molecule has 0 saturated carbocycles. The number of carbonyl (C=O) groups is 1. The molecule has 1 aromatic heterocycles. The van der Waals surface area contributed by atoms with E-state index in [1.54, 1.807) is 43.5 Å². The molecule has 0 unspecified atom stereocenters. The van der Waals surface area contributed by atoms with Crippen LogP contribution in [0.4, 0.5) is 5.69 Å². The number of hydrogen-bond acceptors (Lipinski definition) is 6. The van der Waals surface area contributed by atoms with Gasteiger partial charge in [-0.25, -0.2) is 4.79 Å². The first kappa shape index (κ1) is 21.0. The highest BCUT2D eigenvalue weighted by atomic mass is 16.5. The van der Waals surface area contributed by atoms with E-state index in [0.717, 1.165) is 16.9 Å². The molecule has 2 aliphatic rings. The van der Waals surface area contributed by atoms with Crippen molar-refractivity contribution < 1.29 is 23.4 Å². The van der Waals surface area contributed by atoms with Crippen LogP contribution in [0.25, 0.3) is 17.0 Å². The van der Waals surface area contributed by atoms with Crippen LogP contribution in [-0.4, -0.2) is 25.7 Å². The fraction of sp³-hybridized carbons (Fsp3) is 0.143. The molecule has 7 heteroatoms. The minimum Gasteiger partial charge on any atom is -0.497 e. The molecule has 2 atom stereocenters. The minimum atomic E-state index is -0.985. The monoisotopic (exact) mass is 467 g/mol. The molecule has 0 aliphatic carbocycles. The molecule has 0 bridgehead atoms. The second-order valence-electron chi connectivity index (χ2n) is 8.41. The van der Waals surface area contributed by atoms with Gasteiger partial charge in [0.15, 0.2) is 6.10 Å². The molecule has 174 valence electrons. The molecule has 6 rings (SSSR count). The first-order valence-corrected chi connectivity index (χ1v) is 11.2. The summed E-state index contributed by atoms with van der Waals surface area (Å²) in [5.74, 6) is 0.756. The maximum Gasteiger partial charge on any atom is 0.344 e. The van der Waals surface area contributed by atoms with E-state index < -0.39 is 17.6 Å². The molecule has 3 heterocycles. The smallest absolute Gasteiger partial charge is 0.344 e. The quantitative estimate of drug-likeness (QED) is 0.436. The zero-order valence-electron chi connectivity index (χ0n) is 18.8. The standard InChI is InChI=1S/C28H21NO6/c1-32-19-12-10-18(11-13-19)29-27(30)26-23(17-14-16-6-2-4-8-21(16)33-15-17)24-25(35-26)20-7-3-5-9-22(20)34-28(24)31/h2-14,23,26H,15H2,1H3,(H,29,30)/t23-,26-/m1/s1. The van der Waals surface area contributed by atoms with Gasteiger partial charge in [-0.2, -0.15) is 0 Å². The van der Waals surface area contributed by atoms with Gasteiger partial charge in [-0.15, -0.1) is 0 Å². The van der Waals surface area contributed by atoms with E-state index in [1.165, 1.54) is 0 Å². The summed E-state index contributed by atoms with van der Waals surface area (Å²) in [6.45, 7) is 0.225. The summed E-state index contributed by atoms with van der Waals surface area (Å²) in [6.07, 6.45) is 0.977. The fourth-order valence-corrected chi connectivity index (χ4v) is 4.66. The Balaban J connectivity index is 1.45. The van der Waals surface area contributed by atoms with E-state index in [0.29, 0.717) is 33.7 Å². The highest BCUT2D eigenvalue weighted by molar-refractivity contribution is 5.98. The van der Waals surface area contributed by atoms with Crippen LogP contribution in [0.3, 0.4) is 0 Å². The van der Waals surface area contributed by atoms with Gasteiger partial charge in [-0.1, -0.05) is 30.3 Å². The summed E-state index contributed by atoms with van der Waals surface area (Å²) in [4.78, 5) is 26.7. The van der Waals surface area contributed by atoms with Crippen LogP contribution in [-0.2, 0) is 4.79 Å². The number of rotatable bonds is 4. The van der Waals surface area contributed by atoms with Crippen molar-refractivity contribution in [2.24, 2.45) is 0 Å². The molecule has 7 nitrogen and oxygen atoms in total. The number of benzene rings is 3. The van der Waals surface area contributed by atoms with Gasteiger partial charge in [0.2, 0.25) is 0 Å². The van der Waals surface area contributed by atoms with E-state index in [4.69, 9.17) is 18.6 Å². The van der Waals surface area contributed by atoms with Crippen LogP contribution >= 0.6 is 0 Å². The van der Waals surface area contributed by atoms with Gasteiger partial charge in [-0.05, 0) is 54.1 Å². The fourth-order valence-electron chi connectivity index (χ4n) is 4.66. The second kappa shape index (κ2) is 8.36. The molecule has 1 amide bonds. The zero-order valence-corrected chi connectivity index (χ0v) is 18.8. The van der Waals surface area contributed by atoms with Crippen molar-refractivity contribution in [1.29, 1.82) is 0 Å². The van der Waals surface area contributed by atoms with Gasteiger partial charge in [0, 0.05) is 11.3 Å². The third kappa shape index (κ3) is 3.61. The van der Waals surface area contributed by atoms with Crippen molar-refractivity contribution in [2.45, 2.75) is 12.0 Å². The molecular weight excluding hydrogens is 446 g/mol. The summed E-state index contributed by atoms with van der Waals surface area (Å²) in [5.41, 5.74) is 2.44. The van der Waals surface area contributed by atoms with Crippen LogP contribution in [0, 0.1) is 0 Å². The zero-order chi connectivity index (χ0) is 23.9. The number of anilines is 1. The number of fused-ring (bicyclic) bond motifs is 4. The number of carbonyl (C=O) groups excluding carboxylic acids is 1. The van der Waals surface area contributed by atoms with Gasteiger partial charge in [0.05, 0.1) is 24.0 Å². The summed E-state index contributed by atoms with van der Waals surface area (Å²) < 4.78 is 23.0. The van der Waals surface area contributed by atoms with Crippen molar-refractivity contribution in [3.05, 3.63) is 99.9 Å². The summed E-state index contributed by atoms with van der Waals surface area (Å²) in [6, 6.07) is 21.8. The lowest BCUT2D eigenvalue weighted by Crippen LogP contribution is -2.37. The van der Waals surface area contributed by atoms with Crippen LogP contribution in [0.2, 0.25) is 0 Å². The third-order valence-electron chi connectivity index (χ3n) is 6.33. The maximum atomic E-state index is 13.5. The Labute approximate surface area is 200 Å². The Bertz CT molecular complexity index is 1540. The van der Waals surface area contributed by atoms with E-state index in [2.05, 4.69) is 5.32 Å². The van der Waals surface area contributed by atoms with Gasteiger partial charge in [0.25, 0.3) is 5.91 Å². The largest absolute Gasteiger partial charge is 0.497 e. The second-order valence-corrected chi connectivity index (χ2v) is 8.41. The maximum absolute atomic E-state index is 13.5. The van der Waals surface area contributed by atoms with Crippen molar-refractivity contribution >= 4 is 28.6 Å². The van der Waals surface area contributed by atoms with Crippen molar-refractivity contribution in [1.82, 2.24) is 0 Å². The Kier molecular flexibility index (Phi) is 5.03. The summed E-state index contributed by atoms with van der Waals surface area (Å²) in [5, 5.41) is 3.55. The number of amides is 1. The van der Waals surface area contributed by atoms with Crippen LogP contribution in [0.5, 0.6) is 17.2 Å². The predicted molar refractivity (Wildman–Crippen MR) is 131 cm³/mol. The Morgan fingerprint density at radius 1 is 1.00 bits per heavy atom. The molecule has 35 heavy (non-hydrogen) atoms. The van der Waals surface area contributed by atoms with Gasteiger partial charge in [0.1, 0.15) is 29.4 Å². The number of ether oxygens (including phenoxy) is 3. The number of methoxy groups -OCH3 is 1. The Hall–Kier alpha value is -4.52. The molecule has 2 aliphatic heterocycles. The SMILES string of the molecule is COc1ccc(NC(=O)[C@@H]2Oc3c(c(=O)oc4ccccc34)[C@H]2C2=Cc3ccccc3OC2)cc1.